The number of benzene rings is 1. The molecule has 0 aromatic heterocycles. The van der Waals surface area contributed by atoms with Crippen LogP contribution in [0.5, 0.6) is 0 Å². The number of likely N-dealkylation sites (tertiary alicyclic amines) is 2. The van der Waals surface area contributed by atoms with E-state index >= 15 is 0 Å². The van der Waals surface area contributed by atoms with Gasteiger partial charge in [0.25, 0.3) is 0 Å². The number of aliphatic hydroxyl groups excluding tert-OH is 2. The van der Waals surface area contributed by atoms with E-state index in [-0.39, 0.29) is 25.0 Å². The van der Waals surface area contributed by atoms with Gasteiger partial charge in [-0.25, -0.2) is 9.18 Å². The number of halogens is 1. The van der Waals surface area contributed by atoms with Gasteiger partial charge < -0.3 is 29.6 Å². The van der Waals surface area contributed by atoms with Gasteiger partial charge in [0, 0.05) is 64.0 Å². The standard InChI is InChI=1S/C40H59FN4O6/c1-28-7-9-35(47)27-36(48)39(49)38(30(3)23-31-24-32(41)26-34(25-31)44-19-17-42(18-20-44)21-22-46)29(2)8-10-37(28)51-40(50)45-15-11-33(12-16-45)43-13-5-4-6-14-43/h8,10,23-26,28-29,33,35,37-38,46-47H,4-7,9,11-22,27H2,1-3H3/b10-8+,30-23+/t28-,29-,35+,37-,38-/m0/s1. The predicted molar refractivity (Wildman–Crippen MR) is 197 cm³/mol. The van der Waals surface area contributed by atoms with Crippen molar-refractivity contribution in [3.63, 3.8) is 0 Å². The van der Waals surface area contributed by atoms with Crippen LogP contribution in [0.15, 0.2) is 35.9 Å². The zero-order chi connectivity index (χ0) is 36.5. The van der Waals surface area contributed by atoms with Crippen LogP contribution in [-0.2, 0) is 14.3 Å². The van der Waals surface area contributed by atoms with Crippen molar-refractivity contribution >= 4 is 29.4 Å². The molecule has 5 rings (SSSR count). The number of aliphatic hydroxyl groups is 2. The number of nitrogens with zero attached hydrogens (tertiary/aromatic N) is 4. The number of piperidine rings is 2. The number of Topliss-reactive ketones (excluding diaryl/α,β-unsaturated/α-hetero) is 2. The van der Waals surface area contributed by atoms with Crippen LogP contribution in [0.25, 0.3) is 6.08 Å². The molecule has 0 unspecified atom stereocenters. The summed E-state index contributed by atoms with van der Waals surface area (Å²) < 4.78 is 21.1. The quantitative estimate of drug-likeness (QED) is 0.301. The van der Waals surface area contributed by atoms with Crippen molar-refractivity contribution in [1.82, 2.24) is 14.7 Å². The molecule has 3 saturated heterocycles. The van der Waals surface area contributed by atoms with Gasteiger partial charge in [0.15, 0.2) is 0 Å². The zero-order valence-corrected chi connectivity index (χ0v) is 30.9. The minimum absolute atomic E-state index is 0.103. The van der Waals surface area contributed by atoms with E-state index in [4.69, 9.17) is 4.74 Å². The number of hydrogen-bond acceptors (Lipinski definition) is 9. The second kappa shape index (κ2) is 18.6. The largest absolute Gasteiger partial charge is 0.442 e. The number of β-amino-alcohol motifs (C(OH)–C–C–N with tert-alkyl or cyclic N) is 1. The van der Waals surface area contributed by atoms with Crippen LogP contribution in [0.1, 0.15) is 77.7 Å². The molecule has 10 nitrogen and oxygen atoms in total. The van der Waals surface area contributed by atoms with Gasteiger partial charge in [-0.05, 0) is 100 Å². The highest BCUT2D eigenvalue weighted by Crippen LogP contribution is 2.31. The van der Waals surface area contributed by atoms with Gasteiger partial charge in [0.05, 0.1) is 18.6 Å². The molecule has 1 aliphatic carbocycles. The summed E-state index contributed by atoms with van der Waals surface area (Å²) >= 11 is 0. The Morgan fingerprint density at radius 2 is 1.63 bits per heavy atom. The van der Waals surface area contributed by atoms with Crippen LogP contribution in [0.3, 0.4) is 0 Å². The van der Waals surface area contributed by atoms with Crippen LogP contribution >= 0.6 is 0 Å². The molecule has 3 aliphatic heterocycles. The van der Waals surface area contributed by atoms with Gasteiger partial charge in [-0.15, -0.1) is 0 Å². The van der Waals surface area contributed by atoms with E-state index < -0.39 is 41.4 Å². The molecule has 3 fully saturated rings. The van der Waals surface area contributed by atoms with Gasteiger partial charge >= 0.3 is 6.09 Å². The number of rotatable bonds is 7. The highest BCUT2D eigenvalue weighted by molar-refractivity contribution is 6.38. The molecule has 1 aromatic rings. The van der Waals surface area contributed by atoms with Gasteiger partial charge in [-0.2, -0.15) is 0 Å². The summed E-state index contributed by atoms with van der Waals surface area (Å²) in [4.78, 5) is 49.1. The first-order chi connectivity index (χ1) is 24.5. The van der Waals surface area contributed by atoms with E-state index in [1.165, 1.54) is 31.4 Å². The van der Waals surface area contributed by atoms with Gasteiger partial charge in [0.2, 0.25) is 11.6 Å². The van der Waals surface area contributed by atoms with E-state index in [2.05, 4.69) is 14.7 Å². The van der Waals surface area contributed by atoms with E-state index in [0.29, 0.717) is 62.7 Å². The maximum atomic E-state index is 14.9. The number of ether oxygens (including phenoxy) is 1. The number of ketones is 2. The lowest BCUT2D eigenvalue weighted by atomic mass is 9.79. The molecular weight excluding hydrogens is 651 g/mol. The summed E-state index contributed by atoms with van der Waals surface area (Å²) in [6, 6.07) is 5.34. The lowest BCUT2D eigenvalue weighted by Crippen LogP contribution is -2.48. The van der Waals surface area contributed by atoms with Crippen LogP contribution in [0.2, 0.25) is 0 Å². The monoisotopic (exact) mass is 710 g/mol. The maximum Gasteiger partial charge on any atom is 0.410 e. The van der Waals surface area contributed by atoms with Crippen molar-refractivity contribution in [2.24, 2.45) is 17.8 Å². The first kappa shape index (κ1) is 39.1. The summed E-state index contributed by atoms with van der Waals surface area (Å²) in [5, 5.41) is 20.0. The number of allylic oxidation sites excluding steroid dienone is 2. The number of carbonyl (C=O) groups excluding carboxylic acids is 3. The predicted octanol–water partition coefficient (Wildman–Crippen LogP) is 4.93. The molecule has 51 heavy (non-hydrogen) atoms. The molecule has 3 heterocycles. The average Bonchev–Trinajstić information content (AvgIpc) is 3.12. The Kier molecular flexibility index (Phi) is 14.2. The Labute approximate surface area is 303 Å². The fourth-order valence-corrected chi connectivity index (χ4v) is 8.28. The second-order valence-electron chi connectivity index (χ2n) is 15.3. The van der Waals surface area contributed by atoms with E-state index in [9.17, 15) is 29.0 Å². The summed E-state index contributed by atoms with van der Waals surface area (Å²) in [7, 11) is 0. The molecule has 5 atom stereocenters. The lowest BCUT2D eigenvalue weighted by Gasteiger charge is -2.40. The van der Waals surface area contributed by atoms with Crippen LogP contribution in [0.4, 0.5) is 14.9 Å². The van der Waals surface area contributed by atoms with Crippen LogP contribution < -0.4 is 4.90 Å². The normalized spacial score (nSPS) is 29.4. The third-order valence-electron chi connectivity index (χ3n) is 11.4. The maximum absolute atomic E-state index is 14.9. The third kappa shape index (κ3) is 10.7. The van der Waals surface area contributed by atoms with Crippen molar-refractivity contribution in [2.75, 3.05) is 70.4 Å². The molecule has 282 valence electrons. The minimum atomic E-state index is -0.985. The van der Waals surface area contributed by atoms with Crippen LogP contribution in [-0.4, -0.2) is 126 Å². The van der Waals surface area contributed by atoms with E-state index in [1.807, 2.05) is 32.1 Å². The number of anilines is 1. The highest BCUT2D eigenvalue weighted by atomic mass is 19.1. The van der Waals surface area contributed by atoms with E-state index in [0.717, 1.165) is 44.7 Å². The summed E-state index contributed by atoms with van der Waals surface area (Å²) in [5.41, 5.74) is 1.94. The molecule has 1 amide bonds. The number of piperazine rings is 1. The number of amides is 1. The van der Waals surface area contributed by atoms with Crippen molar-refractivity contribution in [3.8, 4) is 0 Å². The molecule has 2 N–H and O–H groups in total. The SMILES string of the molecule is C/C(=C\c1cc(F)cc(N2CCN(CCO)CC2)c1)[C@H]1C(=O)C(=O)C[C@H](O)CC[C@H](C)[C@@H](OC(=O)N2CCC(N3CCCCC3)CC2)/C=C/[C@@H]1C. The molecule has 11 heteroatoms. The summed E-state index contributed by atoms with van der Waals surface area (Å²) in [6.07, 6.45) is 9.80. The van der Waals surface area contributed by atoms with Crippen molar-refractivity contribution in [1.29, 1.82) is 0 Å². The fourth-order valence-electron chi connectivity index (χ4n) is 8.28. The van der Waals surface area contributed by atoms with Crippen molar-refractivity contribution in [2.45, 2.75) is 90.4 Å². The van der Waals surface area contributed by atoms with Crippen molar-refractivity contribution in [3.05, 3.63) is 47.3 Å². The average molecular weight is 711 g/mol. The molecule has 0 bridgehead atoms. The number of carbonyl (C=O) groups is 3. The Bertz CT molecular complexity index is 1400. The fraction of sp³-hybridized carbons (Fsp3) is 0.675. The second-order valence-corrected chi connectivity index (χ2v) is 15.3. The first-order valence-corrected chi connectivity index (χ1v) is 19.2. The van der Waals surface area contributed by atoms with Gasteiger partial charge in [-0.1, -0.05) is 38.0 Å². The molecule has 0 spiro atoms. The topological polar surface area (TPSA) is 114 Å². The van der Waals surface area contributed by atoms with Crippen molar-refractivity contribution < 1.29 is 33.7 Å². The van der Waals surface area contributed by atoms with E-state index in [1.54, 1.807) is 17.9 Å². The summed E-state index contributed by atoms with van der Waals surface area (Å²) in [6.45, 7) is 12.9. The molecule has 4 aliphatic rings. The Hall–Kier alpha value is -3.12. The molecule has 0 radical (unpaired) electrons. The molecule has 1 aromatic carbocycles. The Morgan fingerprint density at radius 1 is 0.922 bits per heavy atom. The van der Waals surface area contributed by atoms with Gasteiger partial charge in [-0.3, -0.25) is 14.5 Å². The third-order valence-corrected chi connectivity index (χ3v) is 11.4. The molecular formula is C40H59FN4O6. The molecule has 0 saturated carbocycles. The first-order valence-electron chi connectivity index (χ1n) is 19.2. The Morgan fingerprint density at radius 3 is 2.31 bits per heavy atom. The lowest BCUT2D eigenvalue weighted by molar-refractivity contribution is -0.140. The van der Waals surface area contributed by atoms with Gasteiger partial charge in [0.1, 0.15) is 11.9 Å². The highest BCUT2D eigenvalue weighted by Gasteiger charge is 2.34. The van der Waals surface area contributed by atoms with Crippen LogP contribution in [0, 0.1) is 23.6 Å². The smallest absolute Gasteiger partial charge is 0.410 e. The zero-order valence-electron chi connectivity index (χ0n) is 30.9. The Balaban J connectivity index is 1.31. The minimum Gasteiger partial charge on any atom is -0.442 e. The number of hydrogen-bond donors (Lipinski definition) is 2. The summed E-state index contributed by atoms with van der Waals surface area (Å²) in [5.74, 6) is -2.99.